The number of rotatable bonds is 7. The van der Waals surface area contributed by atoms with Crippen LogP contribution < -0.4 is 15.5 Å². The second-order valence-corrected chi connectivity index (χ2v) is 5.24. The Morgan fingerprint density at radius 1 is 1.05 bits per heavy atom. The normalized spacial score (nSPS) is 15.3. The van der Waals surface area contributed by atoms with Gasteiger partial charge in [-0.2, -0.15) is 15.0 Å². The number of hydrogen-bond acceptors (Lipinski definition) is 6. The molecule has 1 heterocycles. The van der Waals surface area contributed by atoms with Gasteiger partial charge in [-0.05, 0) is 32.6 Å². The first-order valence-electron chi connectivity index (χ1n) is 7.69. The van der Waals surface area contributed by atoms with Crippen molar-refractivity contribution in [3.05, 3.63) is 0 Å². The molecular weight excluding hydrogens is 252 g/mol. The minimum absolute atomic E-state index is 0.621. The topological polar surface area (TPSA) is 66.0 Å². The third kappa shape index (κ3) is 3.71. The Balaban J connectivity index is 2.08. The molecule has 1 saturated carbocycles. The van der Waals surface area contributed by atoms with Gasteiger partial charge in [0.15, 0.2) is 0 Å². The first-order chi connectivity index (χ1) is 9.76. The summed E-state index contributed by atoms with van der Waals surface area (Å²) >= 11 is 0. The fraction of sp³-hybridized carbons (Fsp3) is 0.786. The lowest BCUT2D eigenvalue weighted by atomic mass is 10.1. The smallest absolute Gasteiger partial charge is 0.231 e. The van der Waals surface area contributed by atoms with Crippen molar-refractivity contribution in [2.45, 2.75) is 39.5 Å². The third-order valence-corrected chi connectivity index (χ3v) is 3.92. The van der Waals surface area contributed by atoms with Gasteiger partial charge in [-0.15, -0.1) is 0 Å². The zero-order chi connectivity index (χ0) is 14.4. The number of hydrogen-bond donors (Lipinski definition) is 2. The Kier molecular flexibility index (Phi) is 5.38. The van der Waals surface area contributed by atoms with E-state index in [1.54, 1.807) is 0 Å². The molecule has 2 rings (SSSR count). The van der Waals surface area contributed by atoms with Gasteiger partial charge in [-0.1, -0.05) is 12.8 Å². The van der Waals surface area contributed by atoms with Crippen LogP contribution in [0.25, 0.3) is 0 Å². The van der Waals surface area contributed by atoms with Crippen molar-refractivity contribution in [2.75, 3.05) is 42.2 Å². The summed E-state index contributed by atoms with van der Waals surface area (Å²) in [6, 6.07) is 0. The summed E-state index contributed by atoms with van der Waals surface area (Å²) in [5, 5.41) is 6.39. The highest BCUT2D eigenvalue weighted by Crippen LogP contribution is 2.24. The second kappa shape index (κ2) is 7.26. The van der Waals surface area contributed by atoms with E-state index in [4.69, 9.17) is 0 Å². The fourth-order valence-electron chi connectivity index (χ4n) is 2.65. The van der Waals surface area contributed by atoms with Crippen molar-refractivity contribution < 1.29 is 0 Å². The molecule has 1 aromatic heterocycles. The van der Waals surface area contributed by atoms with Crippen LogP contribution >= 0.6 is 0 Å². The van der Waals surface area contributed by atoms with Gasteiger partial charge in [0, 0.05) is 26.7 Å². The SMILES string of the molecule is CCN(CC)c1nc(NC)nc(NCC2CCCC2)n1. The minimum Gasteiger partial charge on any atom is -0.357 e. The molecule has 1 fully saturated rings. The molecule has 1 aliphatic carbocycles. The van der Waals surface area contributed by atoms with E-state index in [0.717, 1.165) is 31.5 Å². The number of anilines is 3. The largest absolute Gasteiger partial charge is 0.357 e. The molecule has 112 valence electrons. The quantitative estimate of drug-likeness (QED) is 0.798. The Labute approximate surface area is 121 Å². The predicted octanol–water partition coefficient (Wildman–Crippen LogP) is 2.36. The lowest BCUT2D eigenvalue weighted by molar-refractivity contribution is 0.577. The van der Waals surface area contributed by atoms with Crippen molar-refractivity contribution in [3.8, 4) is 0 Å². The molecular formula is C14H26N6. The van der Waals surface area contributed by atoms with E-state index in [1.807, 2.05) is 7.05 Å². The summed E-state index contributed by atoms with van der Waals surface area (Å²) < 4.78 is 0. The van der Waals surface area contributed by atoms with Crippen LogP contribution in [0.1, 0.15) is 39.5 Å². The summed E-state index contributed by atoms with van der Waals surface area (Å²) in [7, 11) is 1.84. The van der Waals surface area contributed by atoms with Gasteiger partial charge >= 0.3 is 0 Å². The molecule has 0 saturated heterocycles. The molecule has 6 nitrogen and oxygen atoms in total. The zero-order valence-electron chi connectivity index (χ0n) is 12.8. The molecule has 0 aliphatic heterocycles. The minimum atomic E-state index is 0.621. The van der Waals surface area contributed by atoms with Gasteiger partial charge < -0.3 is 15.5 Å². The van der Waals surface area contributed by atoms with Crippen LogP contribution in [-0.2, 0) is 0 Å². The van der Waals surface area contributed by atoms with Crippen LogP contribution in [0.2, 0.25) is 0 Å². The number of nitrogens with zero attached hydrogens (tertiary/aromatic N) is 4. The standard InChI is InChI=1S/C14H26N6/c1-4-20(5-2)14-18-12(15-3)17-13(19-14)16-10-11-8-6-7-9-11/h11H,4-10H2,1-3H3,(H2,15,16,17,18,19). The van der Waals surface area contributed by atoms with Crippen LogP contribution in [0.3, 0.4) is 0 Å². The first kappa shape index (κ1) is 14.8. The van der Waals surface area contributed by atoms with E-state index >= 15 is 0 Å². The lowest BCUT2D eigenvalue weighted by Crippen LogP contribution is -2.25. The van der Waals surface area contributed by atoms with Crippen molar-refractivity contribution in [1.82, 2.24) is 15.0 Å². The lowest BCUT2D eigenvalue weighted by Gasteiger charge is -2.20. The summed E-state index contributed by atoms with van der Waals surface area (Å²) in [6.07, 6.45) is 5.35. The van der Waals surface area contributed by atoms with Crippen molar-refractivity contribution in [2.24, 2.45) is 5.92 Å². The molecule has 0 unspecified atom stereocenters. The van der Waals surface area contributed by atoms with Crippen LogP contribution in [0.15, 0.2) is 0 Å². The molecule has 0 atom stereocenters. The van der Waals surface area contributed by atoms with E-state index in [0.29, 0.717) is 11.9 Å². The molecule has 1 aromatic rings. The van der Waals surface area contributed by atoms with E-state index in [1.165, 1.54) is 25.7 Å². The van der Waals surface area contributed by atoms with Crippen molar-refractivity contribution in [1.29, 1.82) is 0 Å². The summed E-state index contributed by atoms with van der Waals surface area (Å²) in [6.45, 7) is 6.97. The second-order valence-electron chi connectivity index (χ2n) is 5.24. The van der Waals surface area contributed by atoms with Gasteiger partial charge in [-0.25, -0.2) is 0 Å². The molecule has 6 heteroatoms. The highest BCUT2D eigenvalue weighted by molar-refractivity contribution is 5.43. The predicted molar refractivity (Wildman–Crippen MR) is 83.4 cm³/mol. The third-order valence-electron chi connectivity index (χ3n) is 3.92. The van der Waals surface area contributed by atoms with Gasteiger partial charge in [0.05, 0.1) is 0 Å². The van der Waals surface area contributed by atoms with Crippen LogP contribution in [0.4, 0.5) is 17.8 Å². The Bertz CT molecular complexity index is 412. The van der Waals surface area contributed by atoms with E-state index in [-0.39, 0.29) is 0 Å². The highest BCUT2D eigenvalue weighted by atomic mass is 15.3. The first-order valence-corrected chi connectivity index (χ1v) is 7.69. The van der Waals surface area contributed by atoms with E-state index in [9.17, 15) is 0 Å². The number of aromatic nitrogens is 3. The molecule has 1 aliphatic rings. The molecule has 20 heavy (non-hydrogen) atoms. The maximum absolute atomic E-state index is 4.54. The summed E-state index contributed by atoms with van der Waals surface area (Å²) in [5.74, 6) is 2.80. The van der Waals surface area contributed by atoms with Crippen molar-refractivity contribution in [3.63, 3.8) is 0 Å². The average Bonchev–Trinajstić information content (AvgIpc) is 2.99. The van der Waals surface area contributed by atoms with E-state index < -0.39 is 0 Å². The van der Waals surface area contributed by atoms with Gasteiger partial charge in [0.25, 0.3) is 0 Å². The zero-order valence-corrected chi connectivity index (χ0v) is 12.8. The Morgan fingerprint density at radius 2 is 1.70 bits per heavy atom. The molecule has 0 bridgehead atoms. The molecule has 0 spiro atoms. The highest BCUT2D eigenvalue weighted by Gasteiger charge is 2.16. The molecule has 0 amide bonds. The fourth-order valence-corrected chi connectivity index (χ4v) is 2.65. The van der Waals surface area contributed by atoms with Crippen LogP contribution in [0, 0.1) is 5.92 Å². The maximum atomic E-state index is 4.54. The van der Waals surface area contributed by atoms with Crippen LogP contribution in [0.5, 0.6) is 0 Å². The van der Waals surface area contributed by atoms with Crippen LogP contribution in [-0.4, -0.2) is 41.6 Å². The van der Waals surface area contributed by atoms with Gasteiger partial charge in [-0.3, -0.25) is 0 Å². The summed E-state index contributed by atoms with van der Waals surface area (Å²) in [5.41, 5.74) is 0. The average molecular weight is 278 g/mol. The Hall–Kier alpha value is -1.59. The van der Waals surface area contributed by atoms with Gasteiger partial charge in [0.1, 0.15) is 0 Å². The monoisotopic (exact) mass is 278 g/mol. The van der Waals surface area contributed by atoms with E-state index in [2.05, 4.69) is 44.3 Å². The van der Waals surface area contributed by atoms with Crippen molar-refractivity contribution >= 4 is 17.8 Å². The van der Waals surface area contributed by atoms with Gasteiger partial charge in [0.2, 0.25) is 17.8 Å². The molecule has 0 radical (unpaired) electrons. The molecule has 0 aromatic carbocycles. The number of nitrogens with one attached hydrogen (secondary N) is 2. The maximum Gasteiger partial charge on any atom is 0.231 e. The molecule has 2 N–H and O–H groups in total. The Morgan fingerprint density at radius 3 is 2.30 bits per heavy atom. The summed E-state index contributed by atoms with van der Waals surface area (Å²) in [4.78, 5) is 15.5.